The van der Waals surface area contributed by atoms with Crippen molar-refractivity contribution in [2.45, 2.75) is 45.0 Å². The predicted octanol–water partition coefficient (Wildman–Crippen LogP) is 2.72. The first-order valence-corrected chi connectivity index (χ1v) is 6.95. The van der Waals surface area contributed by atoms with Crippen LogP contribution in [-0.2, 0) is 11.0 Å². The summed E-state index contributed by atoms with van der Waals surface area (Å²) in [4.78, 5) is 11.7. The van der Waals surface area contributed by atoms with Crippen LogP contribution >= 0.6 is 0 Å². The molecule has 0 aliphatic rings. The van der Waals surface area contributed by atoms with Crippen molar-refractivity contribution < 1.29 is 22.7 Å². The van der Waals surface area contributed by atoms with E-state index in [1.807, 2.05) is 0 Å². The van der Waals surface area contributed by atoms with Crippen molar-refractivity contribution in [3.8, 4) is 5.75 Å². The Bertz CT molecular complexity index is 510. The molecule has 1 aromatic carbocycles. The Morgan fingerprint density at radius 3 is 2.41 bits per heavy atom. The first-order valence-electron chi connectivity index (χ1n) is 6.95. The molecule has 0 fully saturated rings. The van der Waals surface area contributed by atoms with Crippen molar-refractivity contribution >= 4 is 5.91 Å². The SMILES string of the molecule is CCC(CNC(=O)C(C)(C)N)Oc1ccccc1C(F)(F)F. The minimum Gasteiger partial charge on any atom is -0.488 e. The van der Waals surface area contributed by atoms with Crippen LogP contribution in [0.25, 0.3) is 0 Å². The van der Waals surface area contributed by atoms with E-state index in [2.05, 4.69) is 5.32 Å². The number of ether oxygens (including phenoxy) is 1. The normalized spacial score (nSPS) is 13.6. The second-order valence-corrected chi connectivity index (χ2v) is 5.57. The Labute approximate surface area is 127 Å². The maximum Gasteiger partial charge on any atom is 0.419 e. The molecule has 0 aliphatic heterocycles. The van der Waals surface area contributed by atoms with E-state index in [1.165, 1.54) is 18.2 Å². The first kappa shape index (κ1) is 18.3. The zero-order chi connectivity index (χ0) is 17.0. The summed E-state index contributed by atoms with van der Waals surface area (Å²) in [6.45, 7) is 4.94. The van der Waals surface area contributed by atoms with Crippen LogP contribution in [0.2, 0.25) is 0 Å². The number of amides is 1. The molecular formula is C15H21F3N2O2. The fourth-order valence-corrected chi connectivity index (χ4v) is 1.69. The predicted molar refractivity (Wildman–Crippen MR) is 77.4 cm³/mol. The monoisotopic (exact) mass is 318 g/mol. The molecule has 4 nitrogen and oxygen atoms in total. The quantitative estimate of drug-likeness (QED) is 0.847. The van der Waals surface area contributed by atoms with Gasteiger partial charge in [0.15, 0.2) is 0 Å². The molecule has 0 saturated heterocycles. The lowest BCUT2D eigenvalue weighted by molar-refractivity contribution is -0.139. The smallest absolute Gasteiger partial charge is 0.419 e. The van der Waals surface area contributed by atoms with Crippen molar-refractivity contribution in [3.63, 3.8) is 0 Å². The number of rotatable bonds is 6. The van der Waals surface area contributed by atoms with Crippen LogP contribution in [0.4, 0.5) is 13.2 Å². The lowest BCUT2D eigenvalue weighted by Gasteiger charge is -2.23. The van der Waals surface area contributed by atoms with Gasteiger partial charge in [-0.05, 0) is 32.4 Å². The van der Waals surface area contributed by atoms with Gasteiger partial charge in [-0.15, -0.1) is 0 Å². The minimum atomic E-state index is -4.49. The van der Waals surface area contributed by atoms with Gasteiger partial charge in [0.05, 0.1) is 17.6 Å². The zero-order valence-corrected chi connectivity index (χ0v) is 12.8. The third-order valence-electron chi connectivity index (χ3n) is 3.02. The van der Waals surface area contributed by atoms with Gasteiger partial charge in [0.2, 0.25) is 5.91 Å². The molecule has 1 rings (SSSR count). The number of hydrogen-bond donors (Lipinski definition) is 2. The number of hydrogen-bond acceptors (Lipinski definition) is 3. The fourth-order valence-electron chi connectivity index (χ4n) is 1.69. The maximum absolute atomic E-state index is 12.9. The van der Waals surface area contributed by atoms with E-state index >= 15 is 0 Å². The zero-order valence-electron chi connectivity index (χ0n) is 12.8. The molecule has 0 bridgehead atoms. The topological polar surface area (TPSA) is 64.4 Å². The van der Waals surface area contributed by atoms with Crippen LogP contribution in [0.5, 0.6) is 5.75 Å². The van der Waals surface area contributed by atoms with E-state index in [1.54, 1.807) is 20.8 Å². The highest BCUT2D eigenvalue weighted by Gasteiger charge is 2.34. The van der Waals surface area contributed by atoms with E-state index in [-0.39, 0.29) is 12.3 Å². The highest BCUT2D eigenvalue weighted by Crippen LogP contribution is 2.36. The molecule has 0 heterocycles. The van der Waals surface area contributed by atoms with Gasteiger partial charge < -0.3 is 15.8 Å². The summed E-state index contributed by atoms with van der Waals surface area (Å²) in [6, 6.07) is 5.00. The van der Waals surface area contributed by atoms with Crippen LogP contribution in [0.3, 0.4) is 0 Å². The van der Waals surface area contributed by atoms with Crippen LogP contribution in [0, 0.1) is 0 Å². The molecule has 22 heavy (non-hydrogen) atoms. The standard InChI is InChI=1S/C15H21F3N2O2/c1-4-10(9-20-13(21)14(2,3)19)22-12-8-6-5-7-11(12)15(16,17)18/h5-8,10H,4,9,19H2,1-3H3,(H,20,21). The molecule has 1 unspecified atom stereocenters. The van der Waals surface area contributed by atoms with E-state index in [0.717, 1.165) is 6.07 Å². The molecule has 1 atom stereocenters. The van der Waals surface area contributed by atoms with Crippen molar-refractivity contribution in [2.24, 2.45) is 5.73 Å². The lowest BCUT2D eigenvalue weighted by Crippen LogP contribution is -2.51. The average Bonchev–Trinajstić information content (AvgIpc) is 2.41. The highest BCUT2D eigenvalue weighted by atomic mass is 19.4. The summed E-state index contributed by atoms with van der Waals surface area (Å²) in [7, 11) is 0. The van der Waals surface area contributed by atoms with Gasteiger partial charge in [-0.3, -0.25) is 4.79 Å². The molecule has 0 aromatic heterocycles. The highest BCUT2D eigenvalue weighted by molar-refractivity contribution is 5.85. The van der Waals surface area contributed by atoms with Crippen molar-refractivity contribution in [1.82, 2.24) is 5.32 Å². The van der Waals surface area contributed by atoms with Crippen molar-refractivity contribution in [2.75, 3.05) is 6.54 Å². The number of carbonyl (C=O) groups is 1. The van der Waals surface area contributed by atoms with Gasteiger partial charge in [-0.25, -0.2) is 0 Å². The number of nitrogens with two attached hydrogens (primary N) is 1. The number of alkyl halides is 3. The number of carbonyl (C=O) groups excluding carboxylic acids is 1. The second-order valence-electron chi connectivity index (χ2n) is 5.57. The van der Waals surface area contributed by atoms with Crippen molar-refractivity contribution in [1.29, 1.82) is 0 Å². The molecule has 0 spiro atoms. The summed E-state index contributed by atoms with van der Waals surface area (Å²) in [6.07, 6.45) is -4.62. The molecule has 7 heteroatoms. The Balaban J connectivity index is 2.78. The third kappa shape index (κ3) is 5.22. The fraction of sp³-hybridized carbons (Fsp3) is 0.533. The largest absolute Gasteiger partial charge is 0.488 e. The number of para-hydroxylation sites is 1. The number of halogens is 3. The van der Waals surface area contributed by atoms with E-state index in [4.69, 9.17) is 10.5 Å². The van der Waals surface area contributed by atoms with Gasteiger partial charge in [0.25, 0.3) is 0 Å². The van der Waals surface area contributed by atoms with Crippen molar-refractivity contribution in [3.05, 3.63) is 29.8 Å². The van der Waals surface area contributed by atoms with Gasteiger partial charge in [0.1, 0.15) is 11.9 Å². The molecule has 1 amide bonds. The van der Waals surface area contributed by atoms with E-state index < -0.39 is 29.3 Å². The van der Waals surface area contributed by atoms with Gasteiger partial charge in [-0.1, -0.05) is 19.1 Å². The molecule has 3 N–H and O–H groups in total. The third-order valence-corrected chi connectivity index (χ3v) is 3.02. The maximum atomic E-state index is 12.9. The second kappa shape index (κ2) is 7.00. The van der Waals surface area contributed by atoms with E-state index in [0.29, 0.717) is 6.42 Å². The Kier molecular flexibility index (Phi) is 5.82. The van der Waals surface area contributed by atoms with Crippen LogP contribution < -0.4 is 15.8 Å². The number of nitrogens with one attached hydrogen (secondary N) is 1. The van der Waals surface area contributed by atoms with E-state index in [9.17, 15) is 18.0 Å². The lowest BCUT2D eigenvalue weighted by atomic mass is 10.1. The first-order chi connectivity index (χ1) is 10.1. The van der Waals surface area contributed by atoms with Gasteiger partial charge >= 0.3 is 6.18 Å². The molecule has 0 aliphatic carbocycles. The average molecular weight is 318 g/mol. The molecule has 0 saturated carbocycles. The van der Waals surface area contributed by atoms with Gasteiger partial charge in [-0.2, -0.15) is 13.2 Å². The van der Waals surface area contributed by atoms with Crippen LogP contribution in [0.15, 0.2) is 24.3 Å². The summed E-state index contributed by atoms with van der Waals surface area (Å²) < 4.78 is 44.1. The molecular weight excluding hydrogens is 297 g/mol. The molecule has 0 radical (unpaired) electrons. The van der Waals surface area contributed by atoms with Gasteiger partial charge in [0, 0.05) is 0 Å². The Morgan fingerprint density at radius 2 is 1.91 bits per heavy atom. The summed E-state index contributed by atoms with van der Waals surface area (Å²) in [5.41, 5.74) is 3.75. The molecule has 124 valence electrons. The van der Waals surface area contributed by atoms with Crippen LogP contribution in [0.1, 0.15) is 32.8 Å². The summed E-state index contributed by atoms with van der Waals surface area (Å²) in [5.74, 6) is -0.637. The Hall–Kier alpha value is -1.76. The minimum absolute atomic E-state index is 0.0855. The summed E-state index contributed by atoms with van der Waals surface area (Å²) in [5, 5.41) is 2.58. The number of benzene rings is 1. The Morgan fingerprint density at radius 1 is 1.32 bits per heavy atom. The van der Waals surface area contributed by atoms with Crippen LogP contribution in [-0.4, -0.2) is 24.1 Å². The molecule has 1 aromatic rings. The summed E-state index contributed by atoms with van der Waals surface area (Å²) >= 11 is 0.